The Kier molecular flexibility index (Phi) is 5.35. The third-order valence-corrected chi connectivity index (χ3v) is 3.45. The van der Waals surface area contributed by atoms with Crippen molar-refractivity contribution in [3.63, 3.8) is 0 Å². The lowest BCUT2D eigenvalue weighted by Gasteiger charge is -2.16. The molecule has 0 aromatic heterocycles. The third-order valence-electron chi connectivity index (χ3n) is 2.71. The number of benzene rings is 1. The fourth-order valence-electron chi connectivity index (χ4n) is 1.67. The average molecular weight is 254 g/mol. The highest BCUT2D eigenvalue weighted by atomic mass is 32.2. The van der Waals surface area contributed by atoms with E-state index >= 15 is 0 Å². The molecule has 4 heteroatoms. The quantitative estimate of drug-likeness (QED) is 0.577. The normalized spacial score (nSPS) is 12.0. The van der Waals surface area contributed by atoms with Crippen molar-refractivity contribution >= 4 is 18.0 Å². The van der Waals surface area contributed by atoms with Gasteiger partial charge < -0.3 is 14.3 Å². The molecular formula is C13H18O3S. The molecule has 0 saturated heterocycles. The summed E-state index contributed by atoms with van der Waals surface area (Å²) in [4.78, 5) is 11.6. The maximum Gasteiger partial charge on any atom is 0.174 e. The van der Waals surface area contributed by atoms with Crippen LogP contribution in [0.2, 0.25) is 0 Å². The van der Waals surface area contributed by atoms with Crippen LogP contribution in [0.1, 0.15) is 24.8 Å². The van der Waals surface area contributed by atoms with Gasteiger partial charge in [-0.3, -0.25) is 0 Å². The molecule has 0 bridgehead atoms. The van der Waals surface area contributed by atoms with E-state index in [2.05, 4.69) is 6.07 Å². The van der Waals surface area contributed by atoms with Crippen molar-refractivity contribution in [2.45, 2.75) is 24.2 Å². The topological polar surface area (TPSA) is 35.5 Å². The highest BCUT2D eigenvalue weighted by Gasteiger charge is 2.14. The number of methoxy groups -OCH3 is 2. The van der Waals surface area contributed by atoms with Gasteiger partial charge in [0.25, 0.3) is 0 Å². The molecule has 1 atom stereocenters. The molecule has 0 spiro atoms. The smallest absolute Gasteiger partial charge is 0.174 e. The molecule has 0 fully saturated rings. The molecule has 0 aliphatic rings. The molecule has 1 rings (SSSR count). The molecule has 0 N–H and O–H groups in total. The molecule has 0 aliphatic carbocycles. The number of hydrogen-bond donors (Lipinski definition) is 0. The van der Waals surface area contributed by atoms with Crippen molar-refractivity contribution in [1.29, 1.82) is 0 Å². The summed E-state index contributed by atoms with van der Waals surface area (Å²) < 4.78 is 10.7. The molecule has 0 radical (unpaired) electrons. The number of hydrogen-bond acceptors (Lipinski definition) is 4. The van der Waals surface area contributed by atoms with Crippen LogP contribution in [-0.2, 0) is 4.79 Å². The van der Waals surface area contributed by atoms with Crippen molar-refractivity contribution in [2.75, 3.05) is 20.5 Å². The monoisotopic (exact) mass is 254 g/mol. The lowest BCUT2D eigenvalue weighted by molar-refractivity contribution is -0.108. The predicted octanol–water partition coefficient (Wildman–Crippen LogP) is 3.12. The molecule has 0 aliphatic heterocycles. The van der Waals surface area contributed by atoms with Crippen molar-refractivity contribution in [3.8, 4) is 11.5 Å². The second-order valence-corrected chi connectivity index (χ2v) is 4.61. The van der Waals surface area contributed by atoms with Crippen LogP contribution in [-0.4, -0.2) is 26.8 Å². The molecule has 0 heterocycles. The van der Waals surface area contributed by atoms with E-state index in [1.54, 1.807) is 26.0 Å². The van der Waals surface area contributed by atoms with E-state index in [1.807, 2.05) is 19.2 Å². The van der Waals surface area contributed by atoms with Crippen molar-refractivity contribution in [3.05, 3.63) is 17.7 Å². The van der Waals surface area contributed by atoms with Crippen LogP contribution in [0.15, 0.2) is 17.0 Å². The molecule has 3 nitrogen and oxygen atoms in total. The van der Waals surface area contributed by atoms with Crippen LogP contribution in [0.25, 0.3) is 0 Å². The highest BCUT2D eigenvalue weighted by Crippen LogP contribution is 2.39. The van der Waals surface area contributed by atoms with Crippen molar-refractivity contribution in [2.24, 2.45) is 0 Å². The fraction of sp³-hybridized carbons (Fsp3) is 0.462. The van der Waals surface area contributed by atoms with E-state index in [0.29, 0.717) is 12.2 Å². The Morgan fingerprint density at radius 3 is 2.53 bits per heavy atom. The summed E-state index contributed by atoms with van der Waals surface area (Å²) in [6.45, 7) is 2.03. The second-order valence-electron chi connectivity index (χ2n) is 3.76. The first-order valence-corrected chi connectivity index (χ1v) is 6.63. The maximum atomic E-state index is 10.6. The minimum absolute atomic E-state index is 0.193. The summed E-state index contributed by atoms with van der Waals surface area (Å²) in [7, 11) is 3.25. The van der Waals surface area contributed by atoms with Crippen LogP contribution in [0.4, 0.5) is 0 Å². The first-order valence-electron chi connectivity index (χ1n) is 5.41. The number of ether oxygens (including phenoxy) is 2. The number of carbonyl (C=O) groups excluding carboxylic acids is 1. The standard InChI is InChI=1S/C13H18O3S/c1-9(5-6-14)10-7-11(15-2)13(16-3)12(8-10)17-4/h6-9H,5H2,1-4H3. The summed E-state index contributed by atoms with van der Waals surface area (Å²) in [6, 6.07) is 3.99. The molecule has 0 saturated carbocycles. The van der Waals surface area contributed by atoms with Gasteiger partial charge in [0.05, 0.1) is 19.1 Å². The fourth-order valence-corrected chi connectivity index (χ4v) is 2.29. The highest BCUT2D eigenvalue weighted by molar-refractivity contribution is 7.98. The van der Waals surface area contributed by atoms with Crippen LogP contribution in [0, 0.1) is 0 Å². The largest absolute Gasteiger partial charge is 0.493 e. The molecule has 0 amide bonds. The Bertz CT molecular complexity index is 365. The summed E-state index contributed by atoms with van der Waals surface area (Å²) in [5, 5.41) is 0. The lowest BCUT2D eigenvalue weighted by Crippen LogP contribution is -1.99. The van der Waals surface area contributed by atoms with E-state index in [-0.39, 0.29) is 5.92 Å². The number of aldehydes is 1. The number of rotatable bonds is 6. The molecule has 1 unspecified atom stereocenters. The van der Waals surface area contributed by atoms with Gasteiger partial charge in [-0.1, -0.05) is 6.92 Å². The number of carbonyl (C=O) groups is 1. The minimum Gasteiger partial charge on any atom is -0.493 e. The zero-order chi connectivity index (χ0) is 12.8. The zero-order valence-electron chi connectivity index (χ0n) is 10.6. The maximum absolute atomic E-state index is 10.6. The first-order chi connectivity index (χ1) is 8.17. The van der Waals surface area contributed by atoms with E-state index in [1.165, 1.54) is 0 Å². The molecule has 1 aromatic rings. The predicted molar refractivity (Wildman–Crippen MR) is 70.4 cm³/mol. The van der Waals surface area contributed by atoms with Gasteiger partial charge in [0.15, 0.2) is 11.5 Å². The van der Waals surface area contributed by atoms with Gasteiger partial charge in [0, 0.05) is 6.42 Å². The Hall–Kier alpha value is -1.16. The molecule has 1 aromatic carbocycles. The van der Waals surface area contributed by atoms with Gasteiger partial charge in [0.1, 0.15) is 6.29 Å². The zero-order valence-corrected chi connectivity index (χ0v) is 11.5. The summed E-state index contributed by atoms with van der Waals surface area (Å²) in [5.74, 6) is 1.66. The molecule has 17 heavy (non-hydrogen) atoms. The van der Waals surface area contributed by atoms with Gasteiger partial charge >= 0.3 is 0 Å². The summed E-state index contributed by atoms with van der Waals surface area (Å²) in [6.07, 6.45) is 3.45. The van der Waals surface area contributed by atoms with Crippen molar-refractivity contribution < 1.29 is 14.3 Å². The van der Waals surface area contributed by atoms with E-state index in [9.17, 15) is 4.79 Å². The van der Waals surface area contributed by atoms with Gasteiger partial charge in [-0.2, -0.15) is 0 Å². The van der Waals surface area contributed by atoms with Gasteiger partial charge in [0.2, 0.25) is 0 Å². The minimum atomic E-state index is 0.193. The van der Waals surface area contributed by atoms with Crippen LogP contribution < -0.4 is 9.47 Å². The van der Waals surface area contributed by atoms with Crippen LogP contribution in [0.3, 0.4) is 0 Å². The average Bonchev–Trinajstić information content (AvgIpc) is 2.37. The third kappa shape index (κ3) is 3.16. The van der Waals surface area contributed by atoms with E-state index in [0.717, 1.165) is 22.5 Å². The van der Waals surface area contributed by atoms with Crippen LogP contribution >= 0.6 is 11.8 Å². The van der Waals surface area contributed by atoms with Crippen LogP contribution in [0.5, 0.6) is 11.5 Å². The lowest BCUT2D eigenvalue weighted by atomic mass is 9.98. The second kappa shape index (κ2) is 6.55. The SMILES string of the molecule is COc1cc(C(C)CC=O)cc(SC)c1OC. The first kappa shape index (κ1) is 13.9. The van der Waals surface area contributed by atoms with Gasteiger partial charge in [-0.15, -0.1) is 11.8 Å². The summed E-state index contributed by atoms with van der Waals surface area (Å²) in [5.41, 5.74) is 1.10. The van der Waals surface area contributed by atoms with Gasteiger partial charge in [-0.05, 0) is 29.9 Å². The van der Waals surface area contributed by atoms with E-state index in [4.69, 9.17) is 9.47 Å². The summed E-state index contributed by atoms with van der Waals surface area (Å²) >= 11 is 1.61. The Morgan fingerprint density at radius 1 is 1.35 bits per heavy atom. The number of thioether (sulfide) groups is 1. The molecule has 94 valence electrons. The Balaban J connectivity index is 3.21. The molecular weight excluding hydrogens is 236 g/mol. The Labute approximate surface area is 106 Å². The van der Waals surface area contributed by atoms with Crippen molar-refractivity contribution in [1.82, 2.24) is 0 Å². The van der Waals surface area contributed by atoms with E-state index < -0.39 is 0 Å². The van der Waals surface area contributed by atoms with Gasteiger partial charge in [-0.25, -0.2) is 0 Å². The Morgan fingerprint density at radius 2 is 2.06 bits per heavy atom.